The molecule has 0 bridgehead atoms. The standard InChI is InChI=1S/C15H17F3N4/c1-4-22(5-2)15-19-9(3)8-12(21-15)20-11-7-6-10(16)13(17)14(11)18/h6-8H,4-5H2,1-3H3,(H,19,20,21). The predicted molar refractivity (Wildman–Crippen MR) is 79.9 cm³/mol. The number of nitrogens with zero attached hydrogens (tertiary/aromatic N) is 3. The second-order valence-electron chi connectivity index (χ2n) is 4.71. The van der Waals surface area contributed by atoms with Crippen LogP contribution in [0.5, 0.6) is 0 Å². The van der Waals surface area contributed by atoms with E-state index in [1.807, 2.05) is 18.7 Å². The summed E-state index contributed by atoms with van der Waals surface area (Å²) in [6, 6.07) is 3.59. The molecule has 1 aromatic carbocycles. The van der Waals surface area contributed by atoms with Crippen molar-refractivity contribution >= 4 is 17.5 Å². The van der Waals surface area contributed by atoms with Crippen molar-refractivity contribution in [2.75, 3.05) is 23.3 Å². The van der Waals surface area contributed by atoms with E-state index in [0.29, 0.717) is 17.5 Å². The van der Waals surface area contributed by atoms with E-state index in [0.717, 1.165) is 25.2 Å². The average molecular weight is 310 g/mol. The number of rotatable bonds is 5. The Morgan fingerprint density at radius 3 is 2.36 bits per heavy atom. The lowest BCUT2D eigenvalue weighted by molar-refractivity contribution is 0.449. The van der Waals surface area contributed by atoms with Gasteiger partial charge in [-0.15, -0.1) is 0 Å². The first-order valence-electron chi connectivity index (χ1n) is 6.97. The van der Waals surface area contributed by atoms with Crippen molar-refractivity contribution in [2.45, 2.75) is 20.8 Å². The lowest BCUT2D eigenvalue weighted by Crippen LogP contribution is -2.24. The van der Waals surface area contributed by atoms with E-state index in [1.54, 1.807) is 13.0 Å². The van der Waals surface area contributed by atoms with Gasteiger partial charge in [-0.3, -0.25) is 0 Å². The second-order valence-corrected chi connectivity index (χ2v) is 4.71. The van der Waals surface area contributed by atoms with Crippen molar-refractivity contribution < 1.29 is 13.2 Å². The molecule has 118 valence electrons. The SMILES string of the molecule is CCN(CC)c1nc(C)cc(Nc2ccc(F)c(F)c2F)n1. The summed E-state index contributed by atoms with van der Waals surface area (Å²) in [5.74, 6) is -3.21. The fraction of sp³-hybridized carbons (Fsp3) is 0.333. The van der Waals surface area contributed by atoms with E-state index in [4.69, 9.17) is 0 Å². The topological polar surface area (TPSA) is 41.1 Å². The van der Waals surface area contributed by atoms with Crippen LogP contribution in [-0.4, -0.2) is 23.1 Å². The van der Waals surface area contributed by atoms with Crippen LogP contribution in [0, 0.1) is 24.4 Å². The highest BCUT2D eigenvalue weighted by molar-refractivity contribution is 5.58. The molecule has 0 amide bonds. The Bertz CT molecular complexity index is 672. The Kier molecular flexibility index (Phi) is 4.85. The van der Waals surface area contributed by atoms with Crippen LogP contribution in [0.4, 0.5) is 30.6 Å². The molecule has 2 rings (SSSR count). The summed E-state index contributed by atoms with van der Waals surface area (Å²) < 4.78 is 39.9. The van der Waals surface area contributed by atoms with Crippen molar-refractivity contribution in [2.24, 2.45) is 0 Å². The molecule has 1 heterocycles. The quantitative estimate of drug-likeness (QED) is 0.853. The fourth-order valence-electron chi connectivity index (χ4n) is 2.03. The van der Waals surface area contributed by atoms with Gasteiger partial charge in [0.15, 0.2) is 17.5 Å². The summed E-state index contributed by atoms with van der Waals surface area (Å²) >= 11 is 0. The zero-order valence-electron chi connectivity index (χ0n) is 12.6. The van der Waals surface area contributed by atoms with E-state index in [2.05, 4.69) is 15.3 Å². The Hall–Kier alpha value is -2.31. The normalized spacial score (nSPS) is 10.6. The monoisotopic (exact) mass is 310 g/mol. The molecule has 0 saturated carbocycles. The van der Waals surface area contributed by atoms with Crippen LogP contribution < -0.4 is 10.2 Å². The molecule has 0 saturated heterocycles. The zero-order chi connectivity index (χ0) is 16.3. The van der Waals surface area contributed by atoms with E-state index in [1.165, 1.54) is 0 Å². The lowest BCUT2D eigenvalue weighted by Gasteiger charge is -2.19. The summed E-state index contributed by atoms with van der Waals surface area (Å²) in [6.45, 7) is 7.16. The molecule has 0 fully saturated rings. The molecule has 2 aromatic rings. The van der Waals surface area contributed by atoms with Crippen molar-refractivity contribution in [1.82, 2.24) is 9.97 Å². The van der Waals surface area contributed by atoms with Gasteiger partial charge < -0.3 is 10.2 Å². The van der Waals surface area contributed by atoms with Crippen LogP contribution in [0.3, 0.4) is 0 Å². The number of hydrogen-bond donors (Lipinski definition) is 1. The van der Waals surface area contributed by atoms with Crippen LogP contribution in [0.1, 0.15) is 19.5 Å². The molecule has 0 unspecified atom stereocenters. The molecule has 7 heteroatoms. The second kappa shape index (κ2) is 6.64. The lowest BCUT2D eigenvalue weighted by atomic mass is 10.2. The maximum Gasteiger partial charge on any atom is 0.227 e. The van der Waals surface area contributed by atoms with Gasteiger partial charge in [0.25, 0.3) is 0 Å². The predicted octanol–water partition coefficient (Wildman–Crippen LogP) is 3.79. The van der Waals surface area contributed by atoms with Crippen LogP contribution >= 0.6 is 0 Å². The minimum Gasteiger partial charge on any atom is -0.341 e. The molecular formula is C15H17F3N4. The van der Waals surface area contributed by atoms with Crippen molar-refractivity contribution in [3.05, 3.63) is 41.3 Å². The Balaban J connectivity index is 2.36. The molecule has 0 spiro atoms. The highest BCUT2D eigenvalue weighted by Gasteiger charge is 2.15. The molecule has 1 N–H and O–H groups in total. The number of benzene rings is 1. The summed E-state index contributed by atoms with van der Waals surface area (Å²) in [5, 5.41) is 2.67. The number of hydrogen-bond acceptors (Lipinski definition) is 4. The molecule has 0 radical (unpaired) electrons. The molecule has 0 aliphatic carbocycles. The Morgan fingerprint density at radius 2 is 1.73 bits per heavy atom. The van der Waals surface area contributed by atoms with Crippen molar-refractivity contribution in [3.8, 4) is 0 Å². The first-order chi connectivity index (χ1) is 10.5. The Morgan fingerprint density at radius 1 is 1.05 bits per heavy atom. The van der Waals surface area contributed by atoms with E-state index >= 15 is 0 Å². The average Bonchev–Trinajstić information content (AvgIpc) is 2.49. The third-order valence-corrected chi connectivity index (χ3v) is 3.19. The minimum atomic E-state index is -1.51. The first-order valence-corrected chi connectivity index (χ1v) is 6.97. The summed E-state index contributed by atoms with van der Waals surface area (Å²) in [4.78, 5) is 10.5. The Labute approximate surface area is 127 Å². The zero-order valence-corrected chi connectivity index (χ0v) is 12.6. The summed E-state index contributed by atoms with van der Waals surface area (Å²) in [7, 11) is 0. The minimum absolute atomic E-state index is 0.178. The number of aryl methyl sites for hydroxylation is 1. The molecule has 0 aliphatic rings. The van der Waals surface area contributed by atoms with Crippen LogP contribution in [0.25, 0.3) is 0 Å². The molecule has 0 atom stereocenters. The fourth-order valence-corrected chi connectivity index (χ4v) is 2.03. The van der Waals surface area contributed by atoms with Crippen LogP contribution in [-0.2, 0) is 0 Å². The summed E-state index contributed by atoms with van der Waals surface area (Å²) in [6.07, 6.45) is 0. The van der Waals surface area contributed by atoms with E-state index < -0.39 is 17.5 Å². The number of nitrogens with one attached hydrogen (secondary N) is 1. The maximum absolute atomic E-state index is 13.7. The van der Waals surface area contributed by atoms with Gasteiger partial charge in [0, 0.05) is 24.8 Å². The number of anilines is 3. The number of aromatic nitrogens is 2. The van der Waals surface area contributed by atoms with Crippen LogP contribution in [0.2, 0.25) is 0 Å². The van der Waals surface area contributed by atoms with Gasteiger partial charge >= 0.3 is 0 Å². The first kappa shape index (κ1) is 16.1. The largest absolute Gasteiger partial charge is 0.341 e. The van der Waals surface area contributed by atoms with Gasteiger partial charge in [0.05, 0.1) is 5.69 Å². The van der Waals surface area contributed by atoms with Gasteiger partial charge in [-0.1, -0.05) is 0 Å². The smallest absolute Gasteiger partial charge is 0.227 e. The third-order valence-electron chi connectivity index (χ3n) is 3.19. The maximum atomic E-state index is 13.7. The molecule has 4 nitrogen and oxygen atoms in total. The van der Waals surface area contributed by atoms with Gasteiger partial charge in [-0.2, -0.15) is 4.98 Å². The highest BCUT2D eigenvalue weighted by atomic mass is 19.2. The molecule has 1 aromatic heterocycles. The van der Waals surface area contributed by atoms with E-state index in [-0.39, 0.29) is 5.69 Å². The van der Waals surface area contributed by atoms with E-state index in [9.17, 15) is 13.2 Å². The van der Waals surface area contributed by atoms with Crippen LogP contribution in [0.15, 0.2) is 18.2 Å². The van der Waals surface area contributed by atoms with Crippen molar-refractivity contribution in [3.63, 3.8) is 0 Å². The van der Waals surface area contributed by atoms with Gasteiger partial charge in [0.2, 0.25) is 5.95 Å². The van der Waals surface area contributed by atoms with Gasteiger partial charge in [0.1, 0.15) is 5.82 Å². The van der Waals surface area contributed by atoms with Crippen molar-refractivity contribution in [1.29, 1.82) is 0 Å². The highest BCUT2D eigenvalue weighted by Crippen LogP contribution is 2.24. The molecule has 22 heavy (non-hydrogen) atoms. The molecule has 0 aliphatic heterocycles. The van der Waals surface area contributed by atoms with Gasteiger partial charge in [-0.25, -0.2) is 18.2 Å². The van der Waals surface area contributed by atoms with Gasteiger partial charge in [-0.05, 0) is 32.9 Å². The third kappa shape index (κ3) is 3.29. The summed E-state index contributed by atoms with van der Waals surface area (Å²) in [5.41, 5.74) is 0.505. The molecular weight excluding hydrogens is 293 g/mol. The number of halogens is 3.